The van der Waals surface area contributed by atoms with Crippen LogP contribution in [0.2, 0.25) is 0 Å². The van der Waals surface area contributed by atoms with E-state index in [2.05, 4.69) is 16.7 Å². The second-order valence-corrected chi connectivity index (χ2v) is 5.09. The third-order valence-electron chi connectivity index (χ3n) is 3.49. The standard InChI is InChI=1S/C16H19FN2O2/c1-13(21)19-6-4-18(5-7-19)12-15-9-14(3-2-8-20)10-16(17)11-15/h9-11,20H,4-8,12H2,1H3. The Labute approximate surface area is 124 Å². The Hall–Kier alpha value is -1.90. The molecule has 112 valence electrons. The molecule has 21 heavy (non-hydrogen) atoms. The molecule has 0 aromatic heterocycles. The van der Waals surface area contributed by atoms with E-state index in [4.69, 9.17) is 5.11 Å². The number of piperazine rings is 1. The zero-order valence-electron chi connectivity index (χ0n) is 12.1. The number of carbonyl (C=O) groups is 1. The van der Waals surface area contributed by atoms with Crippen molar-refractivity contribution < 1.29 is 14.3 Å². The summed E-state index contributed by atoms with van der Waals surface area (Å²) in [5.74, 6) is 5.02. The van der Waals surface area contributed by atoms with Crippen molar-refractivity contribution in [2.24, 2.45) is 0 Å². The van der Waals surface area contributed by atoms with Crippen molar-refractivity contribution in [3.8, 4) is 11.8 Å². The molecule has 1 aromatic carbocycles. The number of carbonyl (C=O) groups excluding carboxylic acids is 1. The number of amides is 1. The number of halogens is 1. The number of benzene rings is 1. The highest BCUT2D eigenvalue weighted by atomic mass is 19.1. The summed E-state index contributed by atoms with van der Waals surface area (Å²) in [6, 6.07) is 4.70. The zero-order valence-corrected chi connectivity index (χ0v) is 12.1. The molecule has 1 fully saturated rings. The van der Waals surface area contributed by atoms with Gasteiger partial charge in [-0.15, -0.1) is 0 Å². The highest BCUT2D eigenvalue weighted by Crippen LogP contribution is 2.13. The number of hydrogen-bond acceptors (Lipinski definition) is 3. The molecule has 0 radical (unpaired) electrons. The van der Waals surface area contributed by atoms with Gasteiger partial charge in [0.1, 0.15) is 12.4 Å². The molecule has 1 aliphatic rings. The van der Waals surface area contributed by atoms with E-state index in [-0.39, 0.29) is 18.3 Å². The largest absolute Gasteiger partial charge is 0.384 e. The molecular weight excluding hydrogens is 271 g/mol. The number of rotatable bonds is 2. The van der Waals surface area contributed by atoms with E-state index >= 15 is 0 Å². The topological polar surface area (TPSA) is 43.8 Å². The van der Waals surface area contributed by atoms with Crippen molar-refractivity contribution in [3.05, 3.63) is 35.1 Å². The minimum atomic E-state index is -0.322. The maximum absolute atomic E-state index is 13.6. The molecule has 1 N–H and O–H groups in total. The minimum absolute atomic E-state index is 0.0990. The fraction of sp³-hybridized carbons (Fsp3) is 0.438. The molecule has 1 aromatic rings. The van der Waals surface area contributed by atoms with Crippen LogP contribution in [0.15, 0.2) is 18.2 Å². The maximum atomic E-state index is 13.6. The number of aliphatic hydroxyl groups excluding tert-OH is 1. The second-order valence-electron chi connectivity index (χ2n) is 5.09. The molecule has 4 nitrogen and oxygen atoms in total. The van der Waals surface area contributed by atoms with Crippen molar-refractivity contribution in [2.45, 2.75) is 13.5 Å². The fourth-order valence-corrected chi connectivity index (χ4v) is 2.43. The van der Waals surface area contributed by atoms with E-state index < -0.39 is 0 Å². The summed E-state index contributed by atoms with van der Waals surface area (Å²) in [6.45, 7) is 4.97. The van der Waals surface area contributed by atoms with Crippen LogP contribution < -0.4 is 0 Å². The van der Waals surface area contributed by atoms with E-state index in [0.717, 1.165) is 18.7 Å². The fourth-order valence-electron chi connectivity index (χ4n) is 2.43. The van der Waals surface area contributed by atoms with Gasteiger partial charge in [0.05, 0.1) is 0 Å². The minimum Gasteiger partial charge on any atom is -0.384 e. The predicted octanol–water partition coefficient (Wildman–Crippen LogP) is 0.834. The van der Waals surface area contributed by atoms with Crippen molar-refractivity contribution in [2.75, 3.05) is 32.8 Å². The first-order chi connectivity index (χ1) is 10.1. The van der Waals surface area contributed by atoms with Crippen molar-refractivity contribution in [3.63, 3.8) is 0 Å². The highest BCUT2D eigenvalue weighted by molar-refractivity contribution is 5.73. The Bertz CT molecular complexity index is 569. The van der Waals surface area contributed by atoms with Gasteiger partial charge in [0.25, 0.3) is 0 Å². The maximum Gasteiger partial charge on any atom is 0.219 e. The van der Waals surface area contributed by atoms with E-state index in [0.29, 0.717) is 25.2 Å². The molecular formula is C16H19FN2O2. The molecule has 1 aliphatic heterocycles. The van der Waals surface area contributed by atoms with Crippen LogP contribution in [0.4, 0.5) is 4.39 Å². The van der Waals surface area contributed by atoms with Gasteiger partial charge in [-0.05, 0) is 23.8 Å². The first-order valence-corrected chi connectivity index (χ1v) is 6.95. The van der Waals surface area contributed by atoms with Crippen molar-refractivity contribution >= 4 is 5.91 Å². The van der Waals surface area contributed by atoms with Gasteiger partial charge in [0.2, 0.25) is 5.91 Å². The average molecular weight is 290 g/mol. The van der Waals surface area contributed by atoms with Crippen LogP contribution in [0.5, 0.6) is 0 Å². The smallest absolute Gasteiger partial charge is 0.219 e. The summed E-state index contributed by atoms with van der Waals surface area (Å²) in [4.78, 5) is 15.3. The lowest BCUT2D eigenvalue weighted by atomic mass is 10.1. The molecule has 5 heteroatoms. The summed E-state index contributed by atoms with van der Waals surface area (Å²) in [5.41, 5.74) is 1.43. The first kappa shape index (κ1) is 15.5. The normalized spacial score (nSPS) is 15.5. The number of aliphatic hydroxyl groups is 1. The Balaban J connectivity index is 2.00. The van der Waals surface area contributed by atoms with Gasteiger partial charge >= 0.3 is 0 Å². The molecule has 0 bridgehead atoms. The van der Waals surface area contributed by atoms with Gasteiger partial charge in [-0.25, -0.2) is 4.39 Å². The van der Waals surface area contributed by atoms with Crippen LogP contribution in [0.3, 0.4) is 0 Å². The van der Waals surface area contributed by atoms with Crippen LogP contribution in [0.1, 0.15) is 18.1 Å². The Morgan fingerprint density at radius 2 is 2.00 bits per heavy atom. The van der Waals surface area contributed by atoms with E-state index in [9.17, 15) is 9.18 Å². The SMILES string of the molecule is CC(=O)N1CCN(Cc2cc(F)cc(C#CCO)c2)CC1. The van der Waals surface area contributed by atoms with Gasteiger partial charge < -0.3 is 10.0 Å². The van der Waals surface area contributed by atoms with Gasteiger partial charge in [0.15, 0.2) is 0 Å². The van der Waals surface area contributed by atoms with Crippen molar-refractivity contribution in [1.82, 2.24) is 9.80 Å². The molecule has 2 rings (SSSR count). The Morgan fingerprint density at radius 1 is 1.29 bits per heavy atom. The number of nitrogens with zero attached hydrogens (tertiary/aromatic N) is 2. The third-order valence-corrected chi connectivity index (χ3v) is 3.49. The Morgan fingerprint density at radius 3 is 2.62 bits per heavy atom. The predicted molar refractivity (Wildman–Crippen MR) is 77.9 cm³/mol. The van der Waals surface area contributed by atoms with Crippen LogP contribution in [0, 0.1) is 17.7 Å². The van der Waals surface area contributed by atoms with Crippen molar-refractivity contribution in [1.29, 1.82) is 0 Å². The summed E-state index contributed by atoms with van der Waals surface area (Å²) >= 11 is 0. The molecule has 1 amide bonds. The summed E-state index contributed by atoms with van der Waals surface area (Å²) in [7, 11) is 0. The van der Waals surface area contributed by atoms with Gasteiger partial charge in [-0.1, -0.05) is 11.8 Å². The van der Waals surface area contributed by atoms with Crippen LogP contribution in [0.25, 0.3) is 0 Å². The van der Waals surface area contributed by atoms with E-state index in [1.807, 2.05) is 11.0 Å². The lowest BCUT2D eigenvalue weighted by Gasteiger charge is -2.34. The average Bonchev–Trinajstić information content (AvgIpc) is 2.45. The Kier molecular flexibility index (Phi) is 5.32. The van der Waals surface area contributed by atoms with E-state index in [1.54, 1.807) is 6.92 Å². The third kappa shape index (κ3) is 4.55. The first-order valence-electron chi connectivity index (χ1n) is 6.95. The summed E-state index contributed by atoms with van der Waals surface area (Å²) < 4.78 is 13.6. The molecule has 0 saturated carbocycles. The van der Waals surface area contributed by atoms with E-state index in [1.165, 1.54) is 12.1 Å². The van der Waals surface area contributed by atoms with Crippen LogP contribution in [-0.4, -0.2) is 53.6 Å². The molecule has 0 aliphatic carbocycles. The second kappa shape index (κ2) is 7.21. The summed E-state index contributed by atoms with van der Waals surface area (Å²) in [6.07, 6.45) is 0. The quantitative estimate of drug-likeness (QED) is 0.821. The van der Waals surface area contributed by atoms with Gasteiger partial charge in [0, 0.05) is 45.2 Å². The molecule has 0 unspecified atom stereocenters. The summed E-state index contributed by atoms with van der Waals surface area (Å²) in [5, 5.41) is 8.69. The molecule has 0 spiro atoms. The molecule has 1 saturated heterocycles. The lowest BCUT2D eigenvalue weighted by molar-refractivity contribution is -0.130. The number of hydrogen-bond donors (Lipinski definition) is 1. The van der Waals surface area contributed by atoms with Gasteiger partial charge in [-0.2, -0.15) is 0 Å². The van der Waals surface area contributed by atoms with Crippen LogP contribution in [-0.2, 0) is 11.3 Å². The lowest BCUT2D eigenvalue weighted by Crippen LogP contribution is -2.47. The molecule has 1 heterocycles. The highest BCUT2D eigenvalue weighted by Gasteiger charge is 2.18. The monoisotopic (exact) mass is 290 g/mol. The molecule has 0 atom stereocenters. The zero-order chi connectivity index (χ0) is 15.2. The van der Waals surface area contributed by atoms with Gasteiger partial charge in [-0.3, -0.25) is 9.69 Å². The van der Waals surface area contributed by atoms with Crippen LogP contribution >= 0.6 is 0 Å².